The van der Waals surface area contributed by atoms with E-state index in [0.717, 1.165) is 48.0 Å². The van der Waals surface area contributed by atoms with Gasteiger partial charge in [0.1, 0.15) is 0 Å². The van der Waals surface area contributed by atoms with E-state index in [-0.39, 0.29) is 34.6 Å². The quantitative estimate of drug-likeness (QED) is 0.123. The van der Waals surface area contributed by atoms with Crippen molar-refractivity contribution < 1.29 is 28.4 Å². The molecule has 246 valence electrons. The highest BCUT2D eigenvalue weighted by atomic mass is 16.5. The van der Waals surface area contributed by atoms with Crippen molar-refractivity contribution in [3.8, 4) is 0 Å². The van der Waals surface area contributed by atoms with Crippen molar-refractivity contribution in [2.75, 3.05) is 79.3 Å². The molecular weight excluding hydrogens is 572 g/mol. The summed E-state index contributed by atoms with van der Waals surface area (Å²) in [6.45, 7) is 10.6. The van der Waals surface area contributed by atoms with Crippen molar-refractivity contribution in [3.05, 3.63) is 53.5 Å². The van der Waals surface area contributed by atoms with E-state index in [2.05, 4.69) is 13.8 Å². The lowest BCUT2D eigenvalue weighted by Crippen LogP contribution is -2.26. The van der Waals surface area contributed by atoms with Gasteiger partial charge in [-0.3, -0.25) is 28.3 Å². The second kappa shape index (κ2) is 20.3. The highest BCUT2D eigenvalue weighted by molar-refractivity contribution is 5.97. The zero-order valence-electron chi connectivity index (χ0n) is 26.3. The molecule has 0 aliphatic heterocycles. The van der Waals surface area contributed by atoms with Crippen molar-refractivity contribution in [1.82, 2.24) is 9.13 Å². The van der Waals surface area contributed by atoms with E-state index in [0.29, 0.717) is 78.9 Å². The molecule has 0 radical (unpaired) electrons. The summed E-state index contributed by atoms with van der Waals surface area (Å²) < 4.78 is 35.1. The minimum absolute atomic E-state index is 0.145. The first-order valence-corrected chi connectivity index (χ1v) is 15.9. The molecule has 0 saturated heterocycles. The van der Waals surface area contributed by atoms with Gasteiger partial charge in [-0.2, -0.15) is 0 Å². The van der Waals surface area contributed by atoms with Crippen LogP contribution in [0.25, 0.3) is 21.5 Å². The molecule has 2 heterocycles. The normalized spacial score (nSPS) is 11.9. The molecule has 0 aliphatic rings. The van der Waals surface area contributed by atoms with E-state index in [1.807, 2.05) is 0 Å². The molecule has 3 aromatic rings. The summed E-state index contributed by atoms with van der Waals surface area (Å²) in [5.41, 5.74) is -1.89. The van der Waals surface area contributed by atoms with Crippen LogP contribution in [0.4, 0.5) is 0 Å². The van der Waals surface area contributed by atoms with Gasteiger partial charge in [-0.1, -0.05) is 26.7 Å². The highest BCUT2D eigenvalue weighted by Crippen LogP contribution is 2.14. The lowest BCUT2D eigenvalue weighted by Gasteiger charge is -2.06. The summed E-state index contributed by atoms with van der Waals surface area (Å²) >= 11 is 0. The van der Waals surface area contributed by atoms with Gasteiger partial charge in [-0.15, -0.1) is 0 Å². The zero-order valence-corrected chi connectivity index (χ0v) is 26.3. The minimum Gasteiger partial charge on any atom is -0.379 e. The summed E-state index contributed by atoms with van der Waals surface area (Å²) in [6.07, 6.45) is 5.19. The summed E-state index contributed by atoms with van der Waals surface area (Å²) in [4.78, 5) is 52.0. The molecule has 0 aliphatic carbocycles. The van der Waals surface area contributed by atoms with Crippen LogP contribution in [0.3, 0.4) is 0 Å². The maximum absolute atomic E-state index is 13.0. The molecule has 0 spiro atoms. The Balaban J connectivity index is 1.43. The lowest BCUT2D eigenvalue weighted by molar-refractivity contribution is 0.0132. The van der Waals surface area contributed by atoms with Crippen LogP contribution in [0.15, 0.2) is 31.3 Å². The Labute approximate surface area is 257 Å². The Bertz CT molecular complexity index is 1270. The van der Waals surface area contributed by atoms with Crippen molar-refractivity contribution in [1.29, 1.82) is 0 Å². The Kier molecular flexibility index (Phi) is 16.5. The van der Waals surface area contributed by atoms with Gasteiger partial charge in [0.15, 0.2) is 0 Å². The van der Waals surface area contributed by atoms with E-state index in [1.54, 1.807) is 0 Å². The number of hydrogen-bond donors (Lipinski definition) is 0. The standard InChI is InChI=1S/C32H48N2O10/c1-3-5-11-39-15-19-43-21-17-41-13-7-9-33-29(35)25-23-27-28(24-26(25)30(33)36)32(38)34(31(27)37)10-8-14-42-18-22-44-20-16-40-12-6-4-2/h23-24H,3-22H2,1-2H3. The zero-order chi connectivity index (χ0) is 31.6. The summed E-state index contributed by atoms with van der Waals surface area (Å²) in [7, 11) is 0. The molecule has 0 saturated carbocycles. The molecule has 0 unspecified atom stereocenters. The molecule has 0 N–H and O–H groups in total. The van der Waals surface area contributed by atoms with Crippen molar-refractivity contribution >= 4 is 21.5 Å². The van der Waals surface area contributed by atoms with Gasteiger partial charge in [0.2, 0.25) is 0 Å². The third kappa shape index (κ3) is 10.7. The van der Waals surface area contributed by atoms with E-state index in [9.17, 15) is 19.2 Å². The summed E-state index contributed by atoms with van der Waals surface area (Å²) in [5, 5.41) is 0.579. The van der Waals surface area contributed by atoms with Crippen molar-refractivity contribution in [2.24, 2.45) is 0 Å². The fourth-order valence-corrected chi connectivity index (χ4v) is 4.71. The van der Waals surface area contributed by atoms with Gasteiger partial charge in [0.25, 0.3) is 22.2 Å². The highest BCUT2D eigenvalue weighted by Gasteiger charge is 2.19. The monoisotopic (exact) mass is 620 g/mol. The van der Waals surface area contributed by atoms with Crippen LogP contribution in [0.5, 0.6) is 0 Å². The first kappa shape index (κ1) is 35.7. The molecule has 3 rings (SSSR count). The number of hydrogen-bond acceptors (Lipinski definition) is 10. The predicted octanol–water partition coefficient (Wildman–Crippen LogP) is 2.39. The lowest BCUT2D eigenvalue weighted by atomic mass is 10.1. The van der Waals surface area contributed by atoms with E-state index < -0.39 is 22.2 Å². The molecule has 2 aromatic heterocycles. The number of ether oxygens (including phenoxy) is 6. The molecular formula is C32H48N2O10. The molecule has 0 bridgehead atoms. The molecule has 0 atom stereocenters. The molecule has 1 aromatic carbocycles. The Morgan fingerprint density at radius 2 is 0.659 bits per heavy atom. The third-order valence-corrected chi connectivity index (χ3v) is 7.17. The van der Waals surface area contributed by atoms with Gasteiger partial charge in [-0.25, -0.2) is 0 Å². The topological polar surface area (TPSA) is 134 Å². The third-order valence-electron chi connectivity index (χ3n) is 7.17. The minimum atomic E-state index is -0.471. The first-order valence-electron chi connectivity index (χ1n) is 15.9. The average Bonchev–Trinajstić information content (AvgIpc) is 3.40. The predicted molar refractivity (Wildman–Crippen MR) is 169 cm³/mol. The number of rotatable bonds is 26. The molecule has 0 amide bonds. The Morgan fingerprint density at radius 3 is 0.932 bits per heavy atom. The molecule has 12 heteroatoms. The number of unbranched alkanes of at least 4 members (excludes halogenated alkanes) is 2. The van der Waals surface area contributed by atoms with E-state index >= 15 is 0 Å². The van der Waals surface area contributed by atoms with Crippen LogP contribution < -0.4 is 22.2 Å². The Hall–Kier alpha value is -2.74. The van der Waals surface area contributed by atoms with Gasteiger partial charge in [-0.05, 0) is 37.8 Å². The van der Waals surface area contributed by atoms with Crippen LogP contribution in [0.1, 0.15) is 52.4 Å². The first-order chi connectivity index (χ1) is 21.5. The average molecular weight is 621 g/mol. The van der Waals surface area contributed by atoms with E-state index in [1.165, 1.54) is 12.1 Å². The van der Waals surface area contributed by atoms with Crippen LogP contribution >= 0.6 is 0 Å². The van der Waals surface area contributed by atoms with Gasteiger partial charge in [0, 0.05) is 39.5 Å². The number of nitrogens with zero attached hydrogens (tertiary/aromatic N) is 2. The molecule has 44 heavy (non-hydrogen) atoms. The Morgan fingerprint density at radius 1 is 0.409 bits per heavy atom. The van der Waals surface area contributed by atoms with Crippen molar-refractivity contribution in [3.63, 3.8) is 0 Å². The summed E-state index contributed by atoms with van der Waals surface area (Å²) in [6, 6.07) is 2.76. The van der Waals surface area contributed by atoms with Crippen LogP contribution in [0, 0.1) is 0 Å². The van der Waals surface area contributed by atoms with Crippen LogP contribution in [0.2, 0.25) is 0 Å². The van der Waals surface area contributed by atoms with Gasteiger partial charge >= 0.3 is 0 Å². The SMILES string of the molecule is CCCCOCCOCCOCCCn1c(=O)c2cc3c(=O)n(CCCOCCOCCOCCCC)c(=O)c3cc2c1=O. The van der Waals surface area contributed by atoms with Gasteiger partial charge < -0.3 is 28.4 Å². The van der Waals surface area contributed by atoms with Gasteiger partial charge in [0.05, 0.1) is 74.4 Å². The fourth-order valence-electron chi connectivity index (χ4n) is 4.71. The number of fused-ring (bicyclic) bond motifs is 2. The number of aromatic nitrogens is 2. The largest absolute Gasteiger partial charge is 0.379 e. The molecule has 0 fully saturated rings. The number of benzene rings is 1. The second-order valence-electron chi connectivity index (χ2n) is 10.6. The van der Waals surface area contributed by atoms with Crippen LogP contribution in [-0.2, 0) is 41.5 Å². The summed E-state index contributed by atoms with van der Waals surface area (Å²) in [5.74, 6) is 0. The maximum atomic E-state index is 13.0. The van der Waals surface area contributed by atoms with Crippen molar-refractivity contribution in [2.45, 2.75) is 65.5 Å². The van der Waals surface area contributed by atoms with Crippen LogP contribution in [-0.4, -0.2) is 88.4 Å². The smallest absolute Gasteiger partial charge is 0.261 e. The second-order valence-corrected chi connectivity index (χ2v) is 10.6. The molecule has 12 nitrogen and oxygen atoms in total. The van der Waals surface area contributed by atoms with E-state index in [4.69, 9.17) is 28.4 Å². The maximum Gasteiger partial charge on any atom is 0.261 e. The fraction of sp³-hybridized carbons (Fsp3) is 0.688.